The number of rotatable bonds is 2. The molecule has 1 spiro atoms. The van der Waals surface area contributed by atoms with E-state index in [1.54, 1.807) is 6.07 Å². The van der Waals surface area contributed by atoms with Crippen molar-refractivity contribution < 1.29 is 17.9 Å². The predicted octanol–water partition coefficient (Wildman–Crippen LogP) is 5.57. The smallest absolute Gasteiger partial charge is 0.416 e. The number of benzene rings is 1. The average Bonchev–Trinajstić information content (AvgIpc) is 2.85. The first-order valence-corrected chi connectivity index (χ1v) is 8.20. The zero-order valence-corrected chi connectivity index (χ0v) is 13.2. The van der Waals surface area contributed by atoms with Crippen LogP contribution in [-0.2, 0) is 11.6 Å². The van der Waals surface area contributed by atoms with Gasteiger partial charge in [0.2, 0.25) is 0 Å². The summed E-state index contributed by atoms with van der Waals surface area (Å²) in [5, 5.41) is 0. The molecule has 0 N–H and O–H groups in total. The van der Waals surface area contributed by atoms with E-state index in [1.165, 1.54) is 18.6 Å². The number of alkyl halides is 3. The van der Waals surface area contributed by atoms with Crippen molar-refractivity contribution in [3.05, 3.63) is 29.3 Å². The Morgan fingerprint density at radius 3 is 2.55 bits per heavy atom. The summed E-state index contributed by atoms with van der Waals surface area (Å²) >= 11 is 0. The minimum Gasteiger partial charge on any atom is -0.492 e. The van der Waals surface area contributed by atoms with Crippen LogP contribution in [-0.4, -0.2) is 6.61 Å². The topological polar surface area (TPSA) is 9.23 Å². The summed E-state index contributed by atoms with van der Waals surface area (Å²) in [7, 11) is 0. The second-order valence-electron chi connectivity index (χ2n) is 7.00. The van der Waals surface area contributed by atoms with Gasteiger partial charge in [-0.15, -0.1) is 0 Å². The largest absolute Gasteiger partial charge is 0.492 e. The molecule has 1 nitrogen and oxygen atoms in total. The highest BCUT2D eigenvalue weighted by atomic mass is 19.4. The second-order valence-corrected chi connectivity index (χ2v) is 7.00. The molecule has 2 aliphatic rings. The Morgan fingerprint density at radius 2 is 1.95 bits per heavy atom. The SMILES string of the molecule is CCC(C)C1CCC2(CC1)COc1cc(C(F)(F)F)ccc12. The molecular weight excluding hydrogens is 289 g/mol. The molecule has 22 heavy (non-hydrogen) atoms. The molecule has 1 fully saturated rings. The third-order valence-electron chi connectivity index (χ3n) is 5.82. The van der Waals surface area contributed by atoms with Crippen molar-refractivity contribution in [3.8, 4) is 5.75 Å². The molecule has 1 unspecified atom stereocenters. The fourth-order valence-corrected chi connectivity index (χ4v) is 4.06. The lowest BCUT2D eigenvalue weighted by Gasteiger charge is -2.38. The first-order valence-electron chi connectivity index (χ1n) is 8.20. The summed E-state index contributed by atoms with van der Waals surface area (Å²) in [6.45, 7) is 5.07. The van der Waals surface area contributed by atoms with Gasteiger partial charge in [-0.3, -0.25) is 0 Å². The molecule has 1 aromatic carbocycles. The lowest BCUT2D eigenvalue weighted by atomic mass is 9.65. The molecule has 0 radical (unpaired) electrons. The summed E-state index contributed by atoms with van der Waals surface area (Å²) in [4.78, 5) is 0. The summed E-state index contributed by atoms with van der Waals surface area (Å²) < 4.78 is 44.1. The molecule has 0 amide bonds. The van der Waals surface area contributed by atoms with Crippen molar-refractivity contribution in [2.24, 2.45) is 11.8 Å². The van der Waals surface area contributed by atoms with Crippen molar-refractivity contribution in [2.45, 2.75) is 57.5 Å². The van der Waals surface area contributed by atoms with Crippen molar-refractivity contribution in [1.82, 2.24) is 0 Å². The van der Waals surface area contributed by atoms with Crippen LogP contribution in [0.15, 0.2) is 18.2 Å². The van der Waals surface area contributed by atoms with E-state index in [0.29, 0.717) is 12.4 Å². The predicted molar refractivity (Wildman–Crippen MR) is 80.0 cm³/mol. The van der Waals surface area contributed by atoms with Crippen LogP contribution < -0.4 is 4.74 Å². The summed E-state index contributed by atoms with van der Waals surface area (Å²) in [6.07, 6.45) is 1.25. The van der Waals surface area contributed by atoms with Gasteiger partial charge in [0.25, 0.3) is 0 Å². The van der Waals surface area contributed by atoms with Crippen molar-refractivity contribution in [1.29, 1.82) is 0 Å². The summed E-state index contributed by atoms with van der Waals surface area (Å²) in [6, 6.07) is 4.02. The van der Waals surface area contributed by atoms with Gasteiger partial charge in [0.15, 0.2) is 0 Å². The third-order valence-corrected chi connectivity index (χ3v) is 5.82. The van der Waals surface area contributed by atoms with Gasteiger partial charge >= 0.3 is 6.18 Å². The first kappa shape index (κ1) is 15.7. The lowest BCUT2D eigenvalue weighted by Crippen LogP contribution is -2.34. The van der Waals surface area contributed by atoms with Gasteiger partial charge in [-0.25, -0.2) is 0 Å². The maximum Gasteiger partial charge on any atom is 0.416 e. The molecule has 1 aliphatic carbocycles. The van der Waals surface area contributed by atoms with Crippen LogP contribution in [0, 0.1) is 11.8 Å². The average molecular weight is 312 g/mol. The van der Waals surface area contributed by atoms with Crippen LogP contribution in [0.1, 0.15) is 57.1 Å². The third kappa shape index (κ3) is 2.61. The summed E-state index contributed by atoms with van der Waals surface area (Å²) in [5.41, 5.74) is 0.323. The van der Waals surface area contributed by atoms with Gasteiger partial charge in [-0.1, -0.05) is 26.3 Å². The molecular formula is C18H23F3O. The molecule has 122 valence electrons. The van der Waals surface area contributed by atoms with Crippen LogP contribution >= 0.6 is 0 Å². The van der Waals surface area contributed by atoms with Crippen LogP contribution in [0.25, 0.3) is 0 Å². The molecule has 0 saturated heterocycles. The van der Waals surface area contributed by atoms with E-state index in [4.69, 9.17) is 4.74 Å². The van der Waals surface area contributed by atoms with E-state index < -0.39 is 11.7 Å². The first-order chi connectivity index (χ1) is 10.4. The van der Waals surface area contributed by atoms with E-state index in [-0.39, 0.29) is 5.41 Å². The molecule has 0 bridgehead atoms. The Hall–Kier alpha value is -1.19. The highest BCUT2D eigenvalue weighted by Crippen LogP contribution is 2.51. The van der Waals surface area contributed by atoms with Crippen molar-refractivity contribution in [2.75, 3.05) is 6.61 Å². The fraction of sp³-hybridized carbons (Fsp3) is 0.667. The van der Waals surface area contributed by atoms with E-state index >= 15 is 0 Å². The maximum absolute atomic E-state index is 12.8. The molecule has 4 heteroatoms. The highest BCUT2D eigenvalue weighted by molar-refractivity contribution is 5.47. The Morgan fingerprint density at radius 1 is 1.27 bits per heavy atom. The Balaban J connectivity index is 1.81. The van der Waals surface area contributed by atoms with E-state index in [0.717, 1.165) is 43.1 Å². The molecule has 0 aromatic heterocycles. The van der Waals surface area contributed by atoms with Crippen molar-refractivity contribution in [3.63, 3.8) is 0 Å². The van der Waals surface area contributed by atoms with Crippen LogP contribution in [0.3, 0.4) is 0 Å². The fourth-order valence-electron chi connectivity index (χ4n) is 4.06. The van der Waals surface area contributed by atoms with Gasteiger partial charge in [0.05, 0.1) is 12.2 Å². The molecule has 1 saturated carbocycles. The van der Waals surface area contributed by atoms with Crippen LogP contribution in [0.2, 0.25) is 0 Å². The second kappa shape index (κ2) is 5.47. The zero-order chi connectivity index (χ0) is 16.0. The van der Waals surface area contributed by atoms with Gasteiger partial charge in [-0.2, -0.15) is 13.2 Å². The number of halogens is 3. The quantitative estimate of drug-likeness (QED) is 0.693. The molecule has 1 heterocycles. The van der Waals surface area contributed by atoms with Gasteiger partial charge in [-0.05, 0) is 49.7 Å². The standard InChI is InChI=1S/C18H23F3O/c1-3-12(2)13-6-8-17(9-7-13)11-22-16-10-14(18(19,20)21)4-5-15(16)17/h4-5,10,12-13H,3,6-9,11H2,1-2H3. The molecule has 1 atom stereocenters. The highest BCUT2D eigenvalue weighted by Gasteiger charge is 2.45. The number of fused-ring (bicyclic) bond motifs is 2. The van der Waals surface area contributed by atoms with Crippen LogP contribution in [0.5, 0.6) is 5.75 Å². The molecule has 3 rings (SSSR count). The van der Waals surface area contributed by atoms with Crippen molar-refractivity contribution >= 4 is 0 Å². The normalized spacial score (nSPS) is 29.2. The number of hydrogen-bond acceptors (Lipinski definition) is 1. The Kier molecular flexibility index (Phi) is 3.90. The van der Waals surface area contributed by atoms with Gasteiger partial charge < -0.3 is 4.74 Å². The molecule has 1 aliphatic heterocycles. The minimum atomic E-state index is -4.30. The maximum atomic E-state index is 12.8. The Bertz CT molecular complexity index is 542. The lowest BCUT2D eigenvalue weighted by molar-refractivity contribution is -0.137. The monoisotopic (exact) mass is 312 g/mol. The Labute approximate surface area is 129 Å². The van der Waals surface area contributed by atoms with Gasteiger partial charge in [0, 0.05) is 11.0 Å². The van der Waals surface area contributed by atoms with E-state index in [2.05, 4.69) is 13.8 Å². The summed E-state index contributed by atoms with van der Waals surface area (Å²) in [5.74, 6) is 1.91. The van der Waals surface area contributed by atoms with E-state index in [9.17, 15) is 13.2 Å². The van der Waals surface area contributed by atoms with Gasteiger partial charge in [0.1, 0.15) is 5.75 Å². The molecule has 1 aromatic rings. The zero-order valence-electron chi connectivity index (χ0n) is 13.2. The number of ether oxygens (including phenoxy) is 1. The van der Waals surface area contributed by atoms with Crippen LogP contribution in [0.4, 0.5) is 13.2 Å². The minimum absolute atomic E-state index is 0.0522. The van der Waals surface area contributed by atoms with E-state index in [1.807, 2.05) is 0 Å². The number of hydrogen-bond donors (Lipinski definition) is 0.